The Labute approximate surface area is 215 Å². The highest BCUT2D eigenvalue weighted by molar-refractivity contribution is 5.29. The summed E-state index contributed by atoms with van der Waals surface area (Å²) in [5, 5.41) is 0. The molecule has 0 fully saturated rings. The van der Waals surface area contributed by atoms with Crippen LogP contribution in [0.25, 0.3) is 0 Å². The number of hydrogen-bond acceptors (Lipinski definition) is 4. The molecule has 0 atom stereocenters. The normalized spacial score (nSPS) is 10.1. The van der Waals surface area contributed by atoms with Crippen molar-refractivity contribution in [2.75, 3.05) is 26.4 Å². The van der Waals surface area contributed by atoms with Gasteiger partial charge in [-0.15, -0.1) is 0 Å². The zero-order chi connectivity index (χ0) is 25.6. The van der Waals surface area contributed by atoms with E-state index in [2.05, 4.69) is 39.8 Å². The molecule has 0 spiro atoms. The molecule has 0 aliphatic carbocycles. The summed E-state index contributed by atoms with van der Waals surface area (Å²) in [6.45, 7) is 10.4. The lowest BCUT2D eigenvalue weighted by molar-refractivity contribution is 0.217. The lowest BCUT2D eigenvalue weighted by Crippen LogP contribution is -2.09. The van der Waals surface area contributed by atoms with E-state index in [9.17, 15) is 0 Å². The van der Waals surface area contributed by atoms with E-state index in [-0.39, 0.29) is 0 Å². The Bertz CT molecular complexity index is 1070. The predicted octanol–water partition coefficient (Wildman–Crippen LogP) is 7.52. The standard InChI is InChI=1S/2C16H18O2/c1-13-3-7-15(8-4-13)17-11-12-18-16-9-5-14(2)6-10-16;1-13-5-3-7-15(11-13)17-9-10-18-16-8-4-6-14(2)12-16/h3-10H,11-12H2,1-2H3;3-8,11-12H,9-10H2,1-2H3. The van der Waals surface area contributed by atoms with Crippen molar-refractivity contribution < 1.29 is 18.9 Å². The summed E-state index contributed by atoms with van der Waals surface area (Å²) in [6.07, 6.45) is 0. The Morgan fingerprint density at radius 3 is 1.03 bits per heavy atom. The van der Waals surface area contributed by atoms with Crippen molar-refractivity contribution in [3.8, 4) is 23.0 Å². The van der Waals surface area contributed by atoms with Crippen LogP contribution in [0.4, 0.5) is 0 Å². The van der Waals surface area contributed by atoms with Gasteiger partial charge in [-0.2, -0.15) is 0 Å². The van der Waals surface area contributed by atoms with E-state index in [4.69, 9.17) is 18.9 Å². The lowest BCUT2D eigenvalue weighted by Gasteiger charge is -2.09. The van der Waals surface area contributed by atoms with Gasteiger partial charge in [0, 0.05) is 0 Å². The molecule has 0 aliphatic rings. The fraction of sp³-hybridized carbons (Fsp3) is 0.250. The topological polar surface area (TPSA) is 36.9 Å². The third-order valence-electron chi connectivity index (χ3n) is 5.26. The zero-order valence-electron chi connectivity index (χ0n) is 21.7. The average Bonchev–Trinajstić information content (AvgIpc) is 2.87. The van der Waals surface area contributed by atoms with E-state index < -0.39 is 0 Å². The van der Waals surface area contributed by atoms with Gasteiger partial charge in [0.05, 0.1) is 0 Å². The zero-order valence-corrected chi connectivity index (χ0v) is 21.7. The molecular formula is C32H36O4. The van der Waals surface area contributed by atoms with Crippen molar-refractivity contribution in [2.24, 2.45) is 0 Å². The molecule has 4 heteroatoms. The van der Waals surface area contributed by atoms with Crippen LogP contribution >= 0.6 is 0 Å². The summed E-state index contributed by atoms with van der Waals surface area (Å²) in [7, 11) is 0. The van der Waals surface area contributed by atoms with Crippen LogP contribution in [-0.2, 0) is 0 Å². The molecule has 0 aromatic heterocycles. The van der Waals surface area contributed by atoms with Crippen LogP contribution in [-0.4, -0.2) is 26.4 Å². The van der Waals surface area contributed by atoms with Gasteiger partial charge in [-0.25, -0.2) is 0 Å². The summed E-state index contributed by atoms with van der Waals surface area (Å²) in [6, 6.07) is 32.1. The van der Waals surface area contributed by atoms with Crippen molar-refractivity contribution in [2.45, 2.75) is 27.7 Å². The van der Waals surface area contributed by atoms with E-state index in [1.54, 1.807) is 0 Å². The van der Waals surface area contributed by atoms with Gasteiger partial charge in [-0.1, -0.05) is 59.7 Å². The Morgan fingerprint density at radius 2 is 0.694 bits per heavy atom. The fourth-order valence-corrected chi connectivity index (χ4v) is 3.32. The monoisotopic (exact) mass is 484 g/mol. The molecule has 36 heavy (non-hydrogen) atoms. The summed E-state index contributed by atoms with van der Waals surface area (Å²) in [4.78, 5) is 0. The van der Waals surface area contributed by atoms with E-state index in [0.717, 1.165) is 23.0 Å². The highest BCUT2D eigenvalue weighted by atomic mass is 16.5. The van der Waals surface area contributed by atoms with Crippen molar-refractivity contribution >= 4 is 0 Å². The minimum Gasteiger partial charge on any atom is -0.490 e. The maximum Gasteiger partial charge on any atom is 0.122 e. The Balaban J connectivity index is 0.000000201. The van der Waals surface area contributed by atoms with E-state index in [0.29, 0.717) is 26.4 Å². The highest BCUT2D eigenvalue weighted by Crippen LogP contribution is 2.15. The quantitative estimate of drug-likeness (QED) is 0.218. The summed E-state index contributed by atoms with van der Waals surface area (Å²) >= 11 is 0. The van der Waals surface area contributed by atoms with E-state index in [1.165, 1.54) is 22.3 Å². The number of benzene rings is 4. The Morgan fingerprint density at radius 1 is 0.361 bits per heavy atom. The van der Waals surface area contributed by atoms with Gasteiger partial charge < -0.3 is 18.9 Å². The first-order valence-electron chi connectivity index (χ1n) is 12.3. The highest BCUT2D eigenvalue weighted by Gasteiger charge is 1.97. The van der Waals surface area contributed by atoms with Crippen LogP contribution < -0.4 is 18.9 Å². The van der Waals surface area contributed by atoms with E-state index >= 15 is 0 Å². The minimum atomic E-state index is 0.553. The second kappa shape index (κ2) is 14.5. The molecule has 4 nitrogen and oxygen atoms in total. The Hall–Kier alpha value is -3.92. The molecule has 4 aromatic rings. The molecule has 0 amide bonds. The maximum atomic E-state index is 5.61. The summed E-state index contributed by atoms with van der Waals surface area (Å²) in [5.74, 6) is 3.55. The number of hydrogen-bond donors (Lipinski definition) is 0. The number of aryl methyl sites for hydroxylation is 4. The molecule has 0 saturated carbocycles. The van der Waals surface area contributed by atoms with Gasteiger partial charge in [-0.05, 0) is 87.4 Å². The predicted molar refractivity (Wildman–Crippen MR) is 147 cm³/mol. The molecule has 0 unspecified atom stereocenters. The average molecular weight is 485 g/mol. The van der Waals surface area contributed by atoms with Gasteiger partial charge in [0.1, 0.15) is 49.4 Å². The second-order valence-electron chi connectivity index (χ2n) is 8.65. The van der Waals surface area contributed by atoms with Crippen LogP contribution in [0.2, 0.25) is 0 Å². The molecule has 0 heterocycles. The van der Waals surface area contributed by atoms with Gasteiger partial charge in [0.25, 0.3) is 0 Å². The molecule has 0 bridgehead atoms. The van der Waals surface area contributed by atoms with Crippen LogP contribution in [0.3, 0.4) is 0 Å². The maximum absolute atomic E-state index is 5.61. The molecule has 188 valence electrons. The fourth-order valence-electron chi connectivity index (χ4n) is 3.32. The molecule has 4 rings (SSSR count). The second-order valence-corrected chi connectivity index (χ2v) is 8.65. The van der Waals surface area contributed by atoms with Crippen LogP contribution in [0.15, 0.2) is 97.1 Å². The van der Waals surface area contributed by atoms with Gasteiger partial charge in [0.2, 0.25) is 0 Å². The SMILES string of the molecule is Cc1ccc(OCCOc2ccc(C)cc2)cc1.Cc1cccc(OCCOc2cccc(C)c2)c1. The van der Waals surface area contributed by atoms with Gasteiger partial charge in [0.15, 0.2) is 0 Å². The summed E-state index contributed by atoms with van der Waals surface area (Å²) < 4.78 is 22.4. The Kier molecular flexibility index (Phi) is 10.7. The first-order valence-corrected chi connectivity index (χ1v) is 12.3. The lowest BCUT2D eigenvalue weighted by atomic mass is 10.2. The van der Waals surface area contributed by atoms with Crippen LogP contribution in [0.1, 0.15) is 22.3 Å². The molecule has 0 saturated heterocycles. The molecular weight excluding hydrogens is 448 g/mol. The first-order chi connectivity index (χ1) is 17.5. The molecule has 0 radical (unpaired) electrons. The van der Waals surface area contributed by atoms with Gasteiger partial charge >= 0.3 is 0 Å². The third kappa shape index (κ3) is 10.1. The molecule has 0 N–H and O–H groups in total. The molecule has 0 aliphatic heterocycles. The largest absolute Gasteiger partial charge is 0.490 e. The third-order valence-corrected chi connectivity index (χ3v) is 5.26. The minimum absolute atomic E-state index is 0.553. The van der Waals surface area contributed by atoms with Crippen molar-refractivity contribution in [3.05, 3.63) is 119 Å². The number of rotatable bonds is 10. The molecule has 4 aromatic carbocycles. The first kappa shape index (κ1) is 26.7. The van der Waals surface area contributed by atoms with Crippen LogP contribution in [0.5, 0.6) is 23.0 Å². The van der Waals surface area contributed by atoms with Crippen molar-refractivity contribution in [1.82, 2.24) is 0 Å². The van der Waals surface area contributed by atoms with E-state index in [1.807, 2.05) is 84.9 Å². The van der Waals surface area contributed by atoms with Gasteiger partial charge in [-0.3, -0.25) is 0 Å². The van der Waals surface area contributed by atoms with Crippen LogP contribution in [0, 0.1) is 27.7 Å². The number of ether oxygens (including phenoxy) is 4. The smallest absolute Gasteiger partial charge is 0.122 e. The van der Waals surface area contributed by atoms with Crippen molar-refractivity contribution in [1.29, 1.82) is 0 Å². The van der Waals surface area contributed by atoms with Crippen molar-refractivity contribution in [3.63, 3.8) is 0 Å². The summed E-state index contributed by atoms with van der Waals surface area (Å²) in [5.41, 5.74) is 4.87.